The first-order chi connectivity index (χ1) is 17.1. The van der Waals surface area contributed by atoms with Crippen LogP contribution in [0.4, 0.5) is 0 Å². The van der Waals surface area contributed by atoms with Gasteiger partial charge in [-0.2, -0.15) is 0 Å². The summed E-state index contributed by atoms with van der Waals surface area (Å²) in [6.07, 6.45) is 9.79. The van der Waals surface area contributed by atoms with Gasteiger partial charge in [-0.25, -0.2) is 0 Å². The normalized spacial score (nSPS) is 25.1. The summed E-state index contributed by atoms with van der Waals surface area (Å²) in [6.45, 7) is 0. The van der Waals surface area contributed by atoms with Gasteiger partial charge in [-0.05, 0) is 123 Å². The molecule has 0 heterocycles. The van der Waals surface area contributed by atoms with E-state index >= 15 is 0 Å². The molecule has 0 nitrogen and oxygen atoms in total. The molecule has 0 aliphatic heterocycles. The van der Waals surface area contributed by atoms with Crippen LogP contribution in [0.15, 0.2) is 0 Å². The predicted octanol–water partition coefficient (Wildman–Crippen LogP) is 3.94. The molecule has 5 saturated carbocycles. The minimum atomic E-state index is -0.239. The van der Waals surface area contributed by atoms with Crippen molar-refractivity contribution in [1.82, 2.24) is 0 Å². The molecule has 0 heteroatoms. The van der Waals surface area contributed by atoms with Crippen molar-refractivity contribution in [2.45, 2.75) is 64.2 Å². The van der Waals surface area contributed by atoms with Crippen LogP contribution < -0.4 is 0 Å². The Labute approximate surface area is 209 Å². The van der Waals surface area contributed by atoms with Crippen molar-refractivity contribution in [2.24, 2.45) is 27.1 Å². The summed E-state index contributed by atoms with van der Waals surface area (Å²) in [5.74, 6) is 62.7. The molecule has 0 bridgehead atoms. The Hall–Kier alpha value is -4.40. The van der Waals surface area contributed by atoms with Crippen LogP contribution in [0.1, 0.15) is 64.2 Å². The summed E-state index contributed by atoms with van der Waals surface area (Å²) in [4.78, 5) is 0. The molecule has 0 saturated heterocycles. The molecular formula is C35H20. The fraction of sp³-hybridized carbons (Fsp3) is 0.429. The van der Waals surface area contributed by atoms with Gasteiger partial charge in [0.25, 0.3) is 0 Å². The second-order valence-corrected chi connectivity index (χ2v) is 10.4. The van der Waals surface area contributed by atoms with Gasteiger partial charge in [0, 0.05) is 0 Å². The summed E-state index contributed by atoms with van der Waals surface area (Å²) in [7, 11) is 0. The Morgan fingerprint density at radius 2 is 0.314 bits per heavy atom. The first-order valence-electron chi connectivity index (χ1n) is 12.3. The summed E-state index contributed by atoms with van der Waals surface area (Å²) in [5, 5.41) is 0. The van der Waals surface area contributed by atoms with E-state index in [9.17, 15) is 0 Å². The van der Waals surface area contributed by atoms with E-state index in [1.54, 1.807) is 0 Å². The first kappa shape index (κ1) is 21.2. The van der Waals surface area contributed by atoms with E-state index in [1.807, 2.05) is 0 Å². The average molecular weight is 441 g/mol. The van der Waals surface area contributed by atoms with Crippen LogP contribution in [-0.4, -0.2) is 0 Å². The third-order valence-corrected chi connectivity index (χ3v) is 7.08. The molecule has 0 aromatic carbocycles. The molecule has 160 valence electrons. The SMILES string of the molecule is C1#CC2(C#CC#CC3(C#CC#CC4(C#CC#CC5(C#CC#CC6(C#C1)CC6)CC5)CC4)CC3)CC2. The van der Waals surface area contributed by atoms with Gasteiger partial charge >= 0.3 is 0 Å². The maximum absolute atomic E-state index is 3.25. The van der Waals surface area contributed by atoms with E-state index in [4.69, 9.17) is 0 Å². The second kappa shape index (κ2) is 7.83. The molecule has 0 unspecified atom stereocenters. The monoisotopic (exact) mass is 440 g/mol. The lowest BCUT2D eigenvalue weighted by Gasteiger charge is -1.92. The molecule has 5 spiro atoms. The Balaban J connectivity index is 1.29. The van der Waals surface area contributed by atoms with E-state index in [1.165, 1.54) is 0 Å². The molecule has 6 rings (SSSR count). The summed E-state index contributed by atoms with van der Waals surface area (Å²) in [5.41, 5.74) is -1.20. The van der Waals surface area contributed by atoms with Gasteiger partial charge in [0.05, 0.1) is 27.1 Å². The van der Waals surface area contributed by atoms with Crippen LogP contribution >= 0.6 is 0 Å². The van der Waals surface area contributed by atoms with Crippen molar-refractivity contribution in [3.05, 3.63) is 0 Å². The van der Waals surface area contributed by atoms with E-state index in [-0.39, 0.29) is 27.1 Å². The van der Waals surface area contributed by atoms with E-state index in [2.05, 4.69) is 118 Å². The highest BCUT2D eigenvalue weighted by Crippen LogP contribution is 2.47. The van der Waals surface area contributed by atoms with Gasteiger partial charge < -0.3 is 0 Å². The Bertz CT molecular complexity index is 1240. The third kappa shape index (κ3) is 5.24. The van der Waals surface area contributed by atoms with Gasteiger partial charge in [0.1, 0.15) is 0 Å². The maximum Gasteiger partial charge on any atom is 0.0940 e. The quantitative estimate of drug-likeness (QED) is 0.501. The molecule has 5 fully saturated rings. The van der Waals surface area contributed by atoms with Crippen LogP contribution in [0.5, 0.6) is 0 Å². The van der Waals surface area contributed by atoms with Gasteiger partial charge in [-0.3, -0.25) is 0 Å². The molecule has 35 heavy (non-hydrogen) atoms. The summed E-state index contributed by atoms with van der Waals surface area (Å²) >= 11 is 0. The predicted molar refractivity (Wildman–Crippen MR) is 136 cm³/mol. The zero-order chi connectivity index (χ0) is 23.7. The highest BCUT2D eigenvalue weighted by molar-refractivity contribution is 5.49. The van der Waals surface area contributed by atoms with E-state index in [0.717, 1.165) is 64.2 Å². The minimum Gasteiger partial charge on any atom is -0.0691 e. The molecule has 6 aliphatic rings. The standard InChI is InChI=1S/C35H20/c1-2-12-32(23-24-32)14-5-6-16-34(27-28-34)18-9-10-20-35(29-30-35)19-8-7-17-33(25-26-33)15-4-3-13-31(11-1)21-22-31/h21-30H2. The molecule has 0 atom stereocenters. The Kier molecular flexibility index (Phi) is 4.73. The summed E-state index contributed by atoms with van der Waals surface area (Å²) in [6, 6.07) is 0. The van der Waals surface area contributed by atoms with Crippen LogP contribution in [0, 0.1) is 145 Å². The van der Waals surface area contributed by atoms with Crippen molar-refractivity contribution in [2.75, 3.05) is 0 Å². The molecule has 0 aromatic rings. The highest BCUT2D eigenvalue weighted by atomic mass is 14.4. The molecule has 6 aliphatic carbocycles. The Morgan fingerprint density at radius 3 is 0.400 bits per heavy atom. The number of rotatable bonds is 0. The van der Waals surface area contributed by atoms with Crippen molar-refractivity contribution < 1.29 is 0 Å². The van der Waals surface area contributed by atoms with Gasteiger partial charge in [-0.15, -0.1) is 0 Å². The summed E-state index contributed by atoms with van der Waals surface area (Å²) < 4.78 is 0. The topological polar surface area (TPSA) is 0 Å². The van der Waals surface area contributed by atoms with Crippen molar-refractivity contribution in [3.8, 4) is 118 Å². The van der Waals surface area contributed by atoms with Crippen LogP contribution in [0.2, 0.25) is 0 Å². The maximum atomic E-state index is 3.25. The number of hydrogen-bond donors (Lipinski definition) is 0. The largest absolute Gasteiger partial charge is 0.0940 e. The second-order valence-electron chi connectivity index (χ2n) is 10.4. The van der Waals surface area contributed by atoms with E-state index in [0.29, 0.717) is 0 Å². The Morgan fingerprint density at radius 1 is 0.200 bits per heavy atom. The smallest absolute Gasteiger partial charge is 0.0691 e. The fourth-order valence-corrected chi connectivity index (χ4v) is 3.54. The lowest BCUT2D eigenvalue weighted by Crippen LogP contribution is -1.92. The highest BCUT2D eigenvalue weighted by Gasteiger charge is 2.42. The minimum absolute atomic E-state index is 0.239. The molecule has 0 aromatic heterocycles. The lowest BCUT2D eigenvalue weighted by atomic mass is 10.1. The van der Waals surface area contributed by atoms with Gasteiger partial charge in [0.2, 0.25) is 0 Å². The zero-order valence-corrected chi connectivity index (χ0v) is 19.6. The molecule has 0 amide bonds. The van der Waals surface area contributed by atoms with Crippen LogP contribution in [0.25, 0.3) is 0 Å². The molecule has 0 radical (unpaired) electrons. The zero-order valence-electron chi connectivity index (χ0n) is 19.6. The van der Waals surface area contributed by atoms with Crippen molar-refractivity contribution in [3.63, 3.8) is 0 Å². The fourth-order valence-electron chi connectivity index (χ4n) is 3.54. The van der Waals surface area contributed by atoms with Gasteiger partial charge in [0.15, 0.2) is 0 Å². The van der Waals surface area contributed by atoms with Gasteiger partial charge in [-0.1, -0.05) is 59.2 Å². The van der Waals surface area contributed by atoms with Crippen LogP contribution in [-0.2, 0) is 0 Å². The van der Waals surface area contributed by atoms with Crippen LogP contribution in [0.3, 0.4) is 0 Å². The molecule has 0 N–H and O–H groups in total. The number of hydrogen-bond acceptors (Lipinski definition) is 0. The average Bonchev–Trinajstić information content (AvgIpc) is 3.68. The third-order valence-electron chi connectivity index (χ3n) is 7.08. The van der Waals surface area contributed by atoms with Crippen molar-refractivity contribution >= 4 is 0 Å². The molecular weight excluding hydrogens is 420 g/mol. The lowest BCUT2D eigenvalue weighted by molar-refractivity contribution is 0.937. The van der Waals surface area contributed by atoms with Crippen molar-refractivity contribution in [1.29, 1.82) is 0 Å². The first-order valence-corrected chi connectivity index (χ1v) is 12.3. The van der Waals surface area contributed by atoms with E-state index < -0.39 is 0 Å².